The summed E-state index contributed by atoms with van der Waals surface area (Å²) in [6.45, 7) is 0.501. The highest BCUT2D eigenvalue weighted by Gasteiger charge is 2.23. The molecule has 0 aliphatic heterocycles. The Kier molecular flexibility index (Phi) is 3.03. The van der Waals surface area contributed by atoms with Crippen LogP contribution in [0.5, 0.6) is 0 Å². The van der Waals surface area contributed by atoms with Crippen LogP contribution in [0.2, 0.25) is 0 Å². The molecule has 1 N–H and O–H groups in total. The Morgan fingerprint density at radius 2 is 2.24 bits per heavy atom. The summed E-state index contributed by atoms with van der Waals surface area (Å²) in [4.78, 5) is 21.5. The molecule has 0 spiro atoms. The van der Waals surface area contributed by atoms with Crippen LogP contribution in [0.25, 0.3) is 0 Å². The molecule has 0 unspecified atom stereocenters. The minimum absolute atomic E-state index is 0.278. The number of nitrogens with one attached hydrogen (secondary N) is 1. The molecule has 1 aliphatic rings. The monoisotopic (exact) mass is 238 g/mol. The second-order valence-corrected chi connectivity index (χ2v) is 4.07. The third-order valence-electron chi connectivity index (χ3n) is 2.65. The zero-order valence-electron chi connectivity index (χ0n) is 8.98. The normalized spacial score (nSPS) is 14.4. The van der Waals surface area contributed by atoms with Gasteiger partial charge in [0.15, 0.2) is 0 Å². The molecule has 1 saturated carbocycles. The summed E-state index contributed by atoms with van der Waals surface area (Å²) in [6, 6.07) is 2.93. The van der Waals surface area contributed by atoms with Gasteiger partial charge < -0.3 is 5.32 Å². The van der Waals surface area contributed by atoms with Crippen molar-refractivity contribution < 1.29 is 14.1 Å². The maximum absolute atomic E-state index is 13.3. The number of benzene rings is 1. The first-order valence-corrected chi connectivity index (χ1v) is 5.30. The molecule has 1 aliphatic carbocycles. The highest BCUT2D eigenvalue weighted by molar-refractivity contribution is 5.95. The highest BCUT2D eigenvalue weighted by atomic mass is 19.1. The molecule has 0 bridgehead atoms. The van der Waals surface area contributed by atoms with E-state index in [0.717, 1.165) is 31.0 Å². The van der Waals surface area contributed by atoms with Crippen molar-refractivity contribution >= 4 is 11.6 Å². The predicted octanol–water partition coefficient (Wildman–Crippen LogP) is 1.87. The van der Waals surface area contributed by atoms with Gasteiger partial charge in [-0.25, -0.2) is 4.39 Å². The number of amides is 1. The van der Waals surface area contributed by atoms with E-state index in [1.54, 1.807) is 0 Å². The van der Waals surface area contributed by atoms with Crippen LogP contribution in [-0.2, 0) is 0 Å². The summed E-state index contributed by atoms with van der Waals surface area (Å²) in [7, 11) is 0. The van der Waals surface area contributed by atoms with Gasteiger partial charge in [0.25, 0.3) is 11.6 Å². The summed E-state index contributed by atoms with van der Waals surface area (Å²) in [5.74, 6) is -0.872. The zero-order valence-corrected chi connectivity index (χ0v) is 8.98. The van der Waals surface area contributed by atoms with Crippen molar-refractivity contribution in [1.82, 2.24) is 5.32 Å². The Morgan fingerprint density at radius 3 is 2.82 bits per heavy atom. The fourth-order valence-corrected chi connectivity index (χ4v) is 1.46. The molecular formula is C11H11FN2O3. The molecule has 90 valence electrons. The Balaban J connectivity index is 2.13. The second kappa shape index (κ2) is 4.48. The number of hydrogen-bond acceptors (Lipinski definition) is 3. The summed E-state index contributed by atoms with van der Waals surface area (Å²) in [6.07, 6.45) is 2.13. The molecule has 0 aromatic heterocycles. The number of carbonyl (C=O) groups excluding carboxylic acids is 1. The second-order valence-electron chi connectivity index (χ2n) is 4.07. The topological polar surface area (TPSA) is 72.2 Å². The smallest absolute Gasteiger partial charge is 0.270 e. The first-order chi connectivity index (χ1) is 8.08. The van der Waals surface area contributed by atoms with Gasteiger partial charge in [0.1, 0.15) is 5.82 Å². The zero-order chi connectivity index (χ0) is 12.4. The van der Waals surface area contributed by atoms with Crippen molar-refractivity contribution in [2.24, 2.45) is 5.92 Å². The van der Waals surface area contributed by atoms with Gasteiger partial charge in [0.2, 0.25) is 0 Å². The summed E-state index contributed by atoms with van der Waals surface area (Å²) in [5.41, 5.74) is -0.567. The largest absolute Gasteiger partial charge is 0.352 e. The number of nitro groups is 1. The molecule has 1 aromatic rings. The summed E-state index contributed by atoms with van der Waals surface area (Å²) < 4.78 is 13.3. The number of rotatable bonds is 4. The van der Waals surface area contributed by atoms with Gasteiger partial charge in [-0.1, -0.05) is 0 Å². The first kappa shape index (κ1) is 11.5. The van der Waals surface area contributed by atoms with E-state index in [1.165, 1.54) is 0 Å². The van der Waals surface area contributed by atoms with Gasteiger partial charge in [-0.05, 0) is 24.8 Å². The fraction of sp³-hybridized carbons (Fsp3) is 0.364. The fourth-order valence-electron chi connectivity index (χ4n) is 1.46. The van der Waals surface area contributed by atoms with E-state index in [1.807, 2.05) is 0 Å². The number of carbonyl (C=O) groups is 1. The van der Waals surface area contributed by atoms with E-state index in [9.17, 15) is 19.3 Å². The minimum atomic E-state index is -0.746. The van der Waals surface area contributed by atoms with Crippen molar-refractivity contribution in [2.45, 2.75) is 12.8 Å². The van der Waals surface area contributed by atoms with E-state index in [-0.39, 0.29) is 11.3 Å². The lowest BCUT2D eigenvalue weighted by Crippen LogP contribution is -2.26. The molecule has 0 radical (unpaired) electrons. The van der Waals surface area contributed by atoms with E-state index in [2.05, 4.69) is 5.32 Å². The molecular weight excluding hydrogens is 227 g/mol. The molecule has 1 fully saturated rings. The highest BCUT2D eigenvalue weighted by Crippen LogP contribution is 2.27. The van der Waals surface area contributed by atoms with Gasteiger partial charge >= 0.3 is 0 Å². The van der Waals surface area contributed by atoms with Crippen LogP contribution in [0.4, 0.5) is 10.1 Å². The molecule has 17 heavy (non-hydrogen) atoms. The van der Waals surface area contributed by atoms with Crippen molar-refractivity contribution in [1.29, 1.82) is 0 Å². The number of hydrogen-bond donors (Lipinski definition) is 1. The number of nitro benzene ring substituents is 1. The van der Waals surface area contributed by atoms with Crippen molar-refractivity contribution in [3.05, 3.63) is 39.7 Å². The van der Waals surface area contributed by atoms with Crippen LogP contribution in [0.1, 0.15) is 23.2 Å². The van der Waals surface area contributed by atoms with Crippen LogP contribution in [0.15, 0.2) is 18.2 Å². The number of nitrogens with zero attached hydrogens (tertiary/aromatic N) is 1. The molecule has 6 heteroatoms. The Hall–Kier alpha value is -1.98. The van der Waals surface area contributed by atoms with Crippen molar-refractivity contribution in [3.8, 4) is 0 Å². The van der Waals surface area contributed by atoms with E-state index in [0.29, 0.717) is 12.5 Å². The predicted molar refractivity (Wildman–Crippen MR) is 58.1 cm³/mol. The van der Waals surface area contributed by atoms with Crippen LogP contribution in [-0.4, -0.2) is 17.4 Å². The van der Waals surface area contributed by atoms with E-state index in [4.69, 9.17) is 0 Å². The van der Waals surface area contributed by atoms with E-state index >= 15 is 0 Å². The standard InChI is InChI=1S/C11H11FN2O3/c12-10-4-3-8(14(16)17)5-9(10)11(15)13-6-7-1-2-7/h3-5,7H,1-2,6H2,(H,13,15). The Labute approximate surface area is 96.8 Å². The average Bonchev–Trinajstić information content (AvgIpc) is 3.10. The van der Waals surface area contributed by atoms with Gasteiger partial charge in [0, 0.05) is 18.7 Å². The summed E-state index contributed by atoms with van der Waals surface area (Å²) >= 11 is 0. The van der Waals surface area contributed by atoms with Crippen molar-refractivity contribution in [2.75, 3.05) is 6.54 Å². The van der Waals surface area contributed by atoms with Crippen LogP contribution < -0.4 is 5.32 Å². The Bertz CT molecular complexity index is 472. The number of halogens is 1. The Morgan fingerprint density at radius 1 is 1.53 bits per heavy atom. The maximum Gasteiger partial charge on any atom is 0.270 e. The minimum Gasteiger partial charge on any atom is -0.352 e. The van der Waals surface area contributed by atoms with Gasteiger partial charge in [-0.3, -0.25) is 14.9 Å². The van der Waals surface area contributed by atoms with Crippen LogP contribution in [0.3, 0.4) is 0 Å². The van der Waals surface area contributed by atoms with E-state index < -0.39 is 16.6 Å². The molecule has 2 rings (SSSR count). The quantitative estimate of drug-likeness (QED) is 0.643. The third-order valence-corrected chi connectivity index (χ3v) is 2.65. The molecule has 0 atom stereocenters. The molecule has 0 heterocycles. The third kappa shape index (κ3) is 2.77. The van der Waals surface area contributed by atoms with Gasteiger partial charge in [-0.2, -0.15) is 0 Å². The van der Waals surface area contributed by atoms with Crippen molar-refractivity contribution in [3.63, 3.8) is 0 Å². The first-order valence-electron chi connectivity index (χ1n) is 5.30. The number of non-ortho nitro benzene ring substituents is 1. The molecule has 0 saturated heterocycles. The molecule has 1 aromatic carbocycles. The van der Waals surface area contributed by atoms with Gasteiger partial charge in [-0.15, -0.1) is 0 Å². The molecule has 1 amide bonds. The molecule has 5 nitrogen and oxygen atoms in total. The lowest BCUT2D eigenvalue weighted by molar-refractivity contribution is -0.384. The lowest BCUT2D eigenvalue weighted by atomic mass is 10.1. The van der Waals surface area contributed by atoms with Gasteiger partial charge in [0.05, 0.1) is 10.5 Å². The lowest BCUT2D eigenvalue weighted by Gasteiger charge is -2.04. The van der Waals surface area contributed by atoms with Crippen LogP contribution >= 0.6 is 0 Å². The summed E-state index contributed by atoms with van der Waals surface area (Å²) in [5, 5.41) is 13.1. The average molecular weight is 238 g/mol. The van der Waals surface area contributed by atoms with Crippen LogP contribution in [0, 0.1) is 21.8 Å². The SMILES string of the molecule is O=C(NCC1CC1)c1cc([N+](=O)[O-])ccc1F. The maximum atomic E-state index is 13.3.